The molecule has 0 bridgehead atoms. The van der Waals surface area contributed by atoms with Crippen LogP contribution in [0, 0.1) is 11.7 Å². The van der Waals surface area contributed by atoms with Crippen LogP contribution in [0.3, 0.4) is 0 Å². The van der Waals surface area contributed by atoms with E-state index in [-0.39, 0.29) is 17.2 Å². The summed E-state index contributed by atoms with van der Waals surface area (Å²) in [6, 6.07) is 24.0. The second-order valence-electron chi connectivity index (χ2n) is 9.35. The van der Waals surface area contributed by atoms with Crippen LogP contribution < -0.4 is 0 Å². The Labute approximate surface area is 191 Å². The largest absolute Gasteiger partial charge is 0.481 e. The van der Waals surface area contributed by atoms with Crippen LogP contribution >= 0.6 is 0 Å². The lowest BCUT2D eigenvalue weighted by Crippen LogP contribution is -2.49. The van der Waals surface area contributed by atoms with Crippen molar-refractivity contribution >= 4 is 16.9 Å². The highest BCUT2D eigenvalue weighted by atomic mass is 19.1. The summed E-state index contributed by atoms with van der Waals surface area (Å²) in [4.78, 5) is 13.0. The lowest BCUT2D eigenvalue weighted by molar-refractivity contribution is -0.147. The van der Waals surface area contributed by atoms with Crippen molar-refractivity contribution in [1.82, 2.24) is 4.90 Å². The molecule has 1 N–H and O–H groups in total. The number of carbonyl (C=O) groups is 1. The van der Waals surface area contributed by atoms with Gasteiger partial charge in [0.2, 0.25) is 0 Å². The Morgan fingerprint density at radius 3 is 2.48 bits per heavy atom. The van der Waals surface area contributed by atoms with E-state index in [1.165, 1.54) is 17.2 Å². The van der Waals surface area contributed by atoms with Gasteiger partial charge in [0.15, 0.2) is 0 Å². The summed E-state index contributed by atoms with van der Waals surface area (Å²) in [6.45, 7) is 1.57. The molecule has 1 aliphatic heterocycles. The molecule has 3 aromatic carbocycles. The predicted octanol–water partition coefficient (Wildman–Crippen LogP) is 5.84. The highest BCUT2D eigenvalue weighted by molar-refractivity contribution is 5.84. The summed E-state index contributed by atoms with van der Waals surface area (Å²) in [5, 5.41) is 9.99. The Bertz CT molecular complexity index is 1350. The number of likely N-dealkylation sites (tertiary alicyclic amines) is 1. The van der Waals surface area contributed by atoms with E-state index < -0.39 is 5.97 Å². The molecule has 166 valence electrons. The molecule has 0 atom stereocenters. The molecule has 1 aliphatic carbocycles. The van der Waals surface area contributed by atoms with E-state index in [9.17, 15) is 9.18 Å². The van der Waals surface area contributed by atoms with Gasteiger partial charge in [-0.2, -0.15) is 0 Å². The second-order valence-corrected chi connectivity index (χ2v) is 9.35. The number of hydrogen-bond donors (Lipinski definition) is 1. The lowest BCUT2D eigenvalue weighted by atomic mass is 9.87. The van der Waals surface area contributed by atoms with Gasteiger partial charge in [-0.05, 0) is 59.9 Å². The first-order chi connectivity index (χ1) is 16.0. The van der Waals surface area contributed by atoms with Gasteiger partial charge >= 0.3 is 5.97 Å². The van der Waals surface area contributed by atoms with E-state index in [1.807, 2.05) is 29.2 Å². The third kappa shape index (κ3) is 3.53. The number of nitrogens with zero attached hydrogens (tertiary/aromatic N) is 1. The summed E-state index contributed by atoms with van der Waals surface area (Å²) in [7, 11) is 0. The van der Waals surface area contributed by atoms with E-state index >= 15 is 0 Å². The topological polar surface area (TPSA) is 53.7 Å². The second kappa shape index (κ2) is 7.56. The predicted molar refractivity (Wildman–Crippen MR) is 124 cm³/mol. The van der Waals surface area contributed by atoms with Gasteiger partial charge in [0, 0.05) is 30.4 Å². The summed E-state index contributed by atoms with van der Waals surface area (Å²) >= 11 is 0. The fourth-order valence-electron chi connectivity index (χ4n) is 5.07. The number of fused-ring (bicyclic) bond motifs is 1. The Hall–Kier alpha value is -3.44. The standard InChI is InChI=1S/C28H24FNO3/c29-24-12-18(15-30-16-20(17-30)27(31)32)6-8-23(24)26-14-19-13-22(7-9-25(19)33-26)28(10-11-28)21-4-2-1-3-5-21/h1-9,12-14,20H,10-11,15-17H2,(H,31,32). The van der Waals surface area contributed by atoms with Crippen molar-refractivity contribution in [1.29, 1.82) is 0 Å². The number of aliphatic carboxylic acids is 1. The summed E-state index contributed by atoms with van der Waals surface area (Å²) < 4.78 is 21.0. The van der Waals surface area contributed by atoms with Crippen LogP contribution in [-0.4, -0.2) is 29.1 Å². The molecule has 1 aromatic heterocycles. The Kier molecular flexibility index (Phi) is 4.63. The maximum atomic E-state index is 15.0. The monoisotopic (exact) mass is 441 g/mol. The molecule has 4 nitrogen and oxygen atoms in total. The fourth-order valence-corrected chi connectivity index (χ4v) is 5.07. The first-order valence-electron chi connectivity index (χ1n) is 11.4. The molecule has 33 heavy (non-hydrogen) atoms. The number of halogens is 1. The minimum Gasteiger partial charge on any atom is -0.481 e. The summed E-state index contributed by atoms with van der Waals surface area (Å²) in [6.07, 6.45) is 2.26. The van der Waals surface area contributed by atoms with Crippen LogP contribution in [0.4, 0.5) is 4.39 Å². The normalized spacial score (nSPS) is 17.7. The lowest BCUT2D eigenvalue weighted by Gasteiger charge is -2.36. The molecule has 1 saturated heterocycles. The summed E-state index contributed by atoms with van der Waals surface area (Å²) in [5.74, 6) is -0.890. The van der Waals surface area contributed by atoms with E-state index in [0.29, 0.717) is 31.0 Å². The smallest absolute Gasteiger partial charge is 0.309 e. The van der Waals surface area contributed by atoms with Crippen molar-refractivity contribution in [3.05, 3.63) is 95.3 Å². The average molecular weight is 442 g/mol. The Morgan fingerprint density at radius 1 is 1.00 bits per heavy atom. The van der Waals surface area contributed by atoms with Gasteiger partial charge in [0.25, 0.3) is 0 Å². The number of carboxylic acids is 1. The molecule has 0 unspecified atom stereocenters. The zero-order valence-electron chi connectivity index (χ0n) is 18.1. The zero-order valence-corrected chi connectivity index (χ0v) is 18.1. The third-order valence-corrected chi connectivity index (χ3v) is 7.16. The molecule has 2 heterocycles. The van der Waals surface area contributed by atoms with Crippen molar-refractivity contribution < 1.29 is 18.7 Å². The van der Waals surface area contributed by atoms with Crippen LogP contribution in [0.15, 0.2) is 77.2 Å². The van der Waals surface area contributed by atoms with Gasteiger partial charge in [-0.3, -0.25) is 9.69 Å². The molecule has 2 fully saturated rings. The third-order valence-electron chi connectivity index (χ3n) is 7.16. The highest BCUT2D eigenvalue weighted by Gasteiger charge is 2.45. The minimum absolute atomic E-state index is 0.0796. The number of carboxylic acid groups (broad SMARTS) is 1. The van der Waals surface area contributed by atoms with E-state index in [2.05, 4.69) is 36.4 Å². The van der Waals surface area contributed by atoms with Gasteiger partial charge < -0.3 is 9.52 Å². The summed E-state index contributed by atoms with van der Waals surface area (Å²) in [5.41, 5.74) is 4.72. The maximum Gasteiger partial charge on any atom is 0.309 e. The number of furan rings is 1. The number of rotatable bonds is 6. The molecule has 4 aromatic rings. The molecular formula is C28H24FNO3. The van der Waals surface area contributed by atoms with Crippen molar-refractivity contribution in [3.63, 3.8) is 0 Å². The molecule has 0 radical (unpaired) electrons. The van der Waals surface area contributed by atoms with Crippen molar-refractivity contribution in [2.24, 2.45) is 5.92 Å². The van der Waals surface area contributed by atoms with Gasteiger partial charge in [0.05, 0.1) is 11.5 Å². The molecule has 2 aliphatic rings. The van der Waals surface area contributed by atoms with Crippen LogP contribution in [0.2, 0.25) is 0 Å². The van der Waals surface area contributed by atoms with Crippen LogP contribution in [0.5, 0.6) is 0 Å². The first kappa shape index (κ1) is 20.2. The number of hydrogen-bond acceptors (Lipinski definition) is 3. The SMILES string of the molecule is O=C(O)C1CN(Cc2ccc(-c3cc4cc(C5(c6ccccc6)CC5)ccc4o3)c(F)c2)C1. The average Bonchev–Trinajstić information content (AvgIpc) is 3.49. The quantitative estimate of drug-likeness (QED) is 0.409. The van der Waals surface area contributed by atoms with E-state index in [1.54, 1.807) is 6.07 Å². The van der Waals surface area contributed by atoms with Crippen molar-refractivity contribution in [3.8, 4) is 11.3 Å². The first-order valence-corrected chi connectivity index (χ1v) is 11.4. The fraction of sp³-hybridized carbons (Fsp3) is 0.250. The van der Waals surface area contributed by atoms with E-state index in [0.717, 1.165) is 29.4 Å². The minimum atomic E-state index is -0.766. The van der Waals surface area contributed by atoms with Crippen LogP contribution in [0.25, 0.3) is 22.3 Å². The van der Waals surface area contributed by atoms with Gasteiger partial charge in [-0.25, -0.2) is 4.39 Å². The Morgan fingerprint density at radius 2 is 1.79 bits per heavy atom. The van der Waals surface area contributed by atoms with Gasteiger partial charge in [0.1, 0.15) is 17.2 Å². The maximum absolute atomic E-state index is 15.0. The molecule has 0 amide bonds. The number of benzene rings is 3. The van der Waals surface area contributed by atoms with Crippen LogP contribution in [-0.2, 0) is 16.8 Å². The molecule has 6 rings (SSSR count). The van der Waals surface area contributed by atoms with Gasteiger partial charge in [-0.1, -0.05) is 42.5 Å². The van der Waals surface area contributed by atoms with Crippen LogP contribution in [0.1, 0.15) is 29.5 Å². The Balaban J connectivity index is 1.25. The molecular weight excluding hydrogens is 417 g/mol. The zero-order chi connectivity index (χ0) is 22.6. The molecule has 1 saturated carbocycles. The van der Waals surface area contributed by atoms with Crippen molar-refractivity contribution in [2.75, 3.05) is 13.1 Å². The van der Waals surface area contributed by atoms with E-state index in [4.69, 9.17) is 9.52 Å². The molecule has 0 spiro atoms. The van der Waals surface area contributed by atoms with Gasteiger partial charge in [-0.15, -0.1) is 0 Å². The highest BCUT2D eigenvalue weighted by Crippen LogP contribution is 2.54. The molecule has 5 heteroatoms. The van der Waals surface area contributed by atoms with Crippen molar-refractivity contribution in [2.45, 2.75) is 24.8 Å².